The predicted octanol–water partition coefficient (Wildman–Crippen LogP) is 4.04. The molecule has 0 unspecified atom stereocenters. The summed E-state index contributed by atoms with van der Waals surface area (Å²) in [5, 5.41) is 8.65. The van der Waals surface area contributed by atoms with E-state index in [-0.39, 0.29) is 24.1 Å². The number of hydrogen-bond donors (Lipinski definition) is 1. The van der Waals surface area contributed by atoms with Gasteiger partial charge >= 0.3 is 0 Å². The van der Waals surface area contributed by atoms with E-state index in [2.05, 4.69) is 10.5 Å². The van der Waals surface area contributed by atoms with E-state index in [1.165, 1.54) is 16.2 Å². The van der Waals surface area contributed by atoms with Crippen LogP contribution in [0.25, 0.3) is 10.6 Å². The number of aryl methyl sites for hydroxylation is 3. The summed E-state index contributed by atoms with van der Waals surface area (Å²) in [6, 6.07) is 9.41. The molecule has 0 aliphatic rings. The first-order valence-corrected chi connectivity index (χ1v) is 9.37. The Balaban J connectivity index is 1.65. The molecule has 0 aliphatic heterocycles. The fourth-order valence-corrected chi connectivity index (χ4v) is 3.62. The van der Waals surface area contributed by atoms with Crippen molar-refractivity contribution in [3.8, 4) is 10.6 Å². The number of benzene rings is 1. The number of likely N-dealkylation sites (N-methyl/N-ethyl adjacent to an activating group) is 1. The van der Waals surface area contributed by atoms with Crippen molar-refractivity contribution >= 4 is 28.8 Å². The molecule has 6 nitrogen and oxygen atoms in total. The molecular weight excluding hydrogens is 362 g/mol. The molecule has 0 aliphatic carbocycles. The van der Waals surface area contributed by atoms with Gasteiger partial charge in [0.15, 0.2) is 11.5 Å². The lowest BCUT2D eigenvalue weighted by Gasteiger charge is -2.17. The fraction of sp³-hybridized carbons (Fsp3) is 0.250. The van der Waals surface area contributed by atoms with Crippen LogP contribution in [-0.4, -0.2) is 35.5 Å². The van der Waals surface area contributed by atoms with Crippen molar-refractivity contribution in [2.75, 3.05) is 18.9 Å². The van der Waals surface area contributed by atoms with Gasteiger partial charge in [0.1, 0.15) is 0 Å². The lowest BCUT2D eigenvalue weighted by atomic mass is 10.1. The summed E-state index contributed by atoms with van der Waals surface area (Å²) in [5.41, 5.74) is 4.09. The lowest BCUT2D eigenvalue weighted by molar-refractivity contribution is -0.116. The molecule has 0 saturated heterocycles. The third-order valence-corrected chi connectivity index (χ3v) is 5.05. The molecule has 2 aromatic heterocycles. The van der Waals surface area contributed by atoms with Gasteiger partial charge in [-0.15, -0.1) is 11.3 Å². The molecule has 1 aromatic carbocycles. The summed E-state index contributed by atoms with van der Waals surface area (Å²) in [6.45, 7) is 5.84. The summed E-state index contributed by atoms with van der Waals surface area (Å²) in [4.78, 5) is 27.1. The van der Waals surface area contributed by atoms with Crippen molar-refractivity contribution in [3.05, 3.63) is 58.1 Å². The average molecular weight is 383 g/mol. The SMILES string of the molecule is Cc1cc(C)c(NC(=O)CN(C)C(=O)c2cc(-c3cccs3)on2)c(C)c1. The van der Waals surface area contributed by atoms with Gasteiger partial charge in [0.25, 0.3) is 5.91 Å². The molecule has 0 radical (unpaired) electrons. The molecule has 1 N–H and O–H groups in total. The monoisotopic (exact) mass is 383 g/mol. The second-order valence-electron chi connectivity index (χ2n) is 6.54. The van der Waals surface area contributed by atoms with Gasteiger partial charge in [-0.05, 0) is 43.3 Å². The number of anilines is 1. The van der Waals surface area contributed by atoms with Crippen LogP contribution in [-0.2, 0) is 4.79 Å². The maximum atomic E-state index is 12.5. The number of rotatable bonds is 5. The summed E-state index contributed by atoms with van der Waals surface area (Å²) in [6.07, 6.45) is 0. The molecule has 2 heterocycles. The third kappa shape index (κ3) is 4.25. The first kappa shape index (κ1) is 18.8. The molecule has 0 atom stereocenters. The Bertz CT molecular complexity index is 953. The van der Waals surface area contributed by atoms with E-state index in [4.69, 9.17) is 4.52 Å². The van der Waals surface area contributed by atoms with Gasteiger partial charge in [-0.1, -0.05) is 28.9 Å². The van der Waals surface area contributed by atoms with Crippen molar-refractivity contribution < 1.29 is 14.1 Å². The summed E-state index contributed by atoms with van der Waals surface area (Å²) in [7, 11) is 1.57. The van der Waals surface area contributed by atoms with Crippen LogP contribution in [0.5, 0.6) is 0 Å². The number of hydrogen-bond acceptors (Lipinski definition) is 5. The number of carbonyl (C=O) groups excluding carboxylic acids is 2. The van der Waals surface area contributed by atoms with Crippen molar-refractivity contribution in [1.29, 1.82) is 0 Å². The number of amides is 2. The van der Waals surface area contributed by atoms with Crippen molar-refractivity contribution in [3.63, 3.8) is 0 Å². The number of nitrogens with one attached hydrogen (secondary N) is 1. The highest BCUT2D eigenvalue weighted by Gasteiger charge is 2.20. The van der Waals surface area contributed by atoms with Crippen LogP contribution in [0.4, 0.5) is 5.69 Å². The molecule has 0 spiro atoms. The number of aromatic nitrogens is 1. The number of carbonyl (C=O) groups is 2. The Morgan fingerprint density at radius 3 is 2.52 bits per heavy atom. The molecule has 0 bridgehead atoms. The summed E-state index contributed by atoms with van der Waals surface area (Å²) < 4.78 is 5.24. The minimum absolute atomic E-state index is 0.0766. The first-order valence-electron chi connectivity index (χ1n) is 8.49. The molecule has 0 saturated carbocycles. The van der Waals surface area contributed by atoms with E-state index < -0.39 is 0 Å². The quantitative estimate of drug-likeness (QED) is 0.721. The number of nitrogens with zero attached hydrogens (tertiary/aromatic N) is 2. The first-order chi connectivity index (χ1) is 12.8. The summed E-state index contributed by atoms with van der Waals surface area (Å²) >= 11 is 1.50. The normalized spacial score (nSPS) is 10.7. The largest absolute Gasteiger partial charge is 0.355 e. The van der Waals surface area contributed by atoms with Crippen LogP contribution >= 0.6 is 11.3 Å². The molecule has 3 rings (SSSR count). The molecule has 3 aromatic rings. The third-order valence-electron chi connectivity index (χ3n) is 4.16. The zero-order valence-electron chi connectivity index (χ0n) is 15.7. The van der Waals surface area contributed by atoms with Crippen LogP contribution in [0.3, 0.4) is 0 Å². The molecule has 0 fully saturated rings. The minimum atomic E-state index is -0.367. The minimum Gasteiger partial charge on any atom is -0.355 e. The Morgan fingerprint density at radius 1 is 1.19 bits per heavy atom. The van der Waals surface area contributed by atoms with E-state index >= 15 is 0 Å². The van der Waals surface area contributed by atoms with Gasteiger partial charge in [-0.2, -0.15) is 0 Å². The molecule has 27 heavy (non-hydrogen) atoms. The second kappa shape index (κ2) is 7.75. The van der Waals surface area contributed by atoms with Gasteiger partial charge < -0.3 is 14.7 Å². The highest BCUT2D eigenvalue weighted by molar-refractivity contribution is 7.13. The van der Waals surface area contributed by atoms with Gasteiger partial charge in [-0.3, -0.25) is 9.59 Å². The van der Waals surface area contributed by atoms with E-state index in [1.807, 2.05) is 50.4 Å². The van der Waals surface area contributed by atoms with E-state index in [1.54, 1.807) is 13.1 Å². The van der Waals surface area contributed by atoms with Crippen LogP contribution in [0.15, 0.2) is 40.2 Å². The highest BCUT2D eigenvalue weighted by atomic mass is 32.1. The van der Waals surface area contributed by atoms with Gasteiger partial charge in [0, 0.05) is 18.8 Å². The zero-order chi connectivity index (χ0) is 19.6. The topological polar surface area (TPSA) is 75.4 Å². The van der Waals surface area contributed by atoms with E-state index in [9.17, 15) is 9.59 Å². The lowest BCUT2D eigenvalue weighted by Crippen LogP contribution is -2.35. The van der Waals surface area contributed by atoms with Crippen molar-refractivity contribution in [2.24, 2.45) is 0 Å². The van der Waals surface area contributed by atoms with Gasteiger partial charge in [0.05, 0.1) is 11.4 Å². The number of thiophene rings is 1. The molecule has 7 heteroatoms. The van der Waals surface area contributed by atoms with Crippen molar-refractivity contribution in [2.45, 2.75) is 20.8 Å². The second-order valence-corrected chi connectivity index (χ2v) is 7.48. The molecule has 2 amide bonds. The highest BCUT2D eigenvalue weighted by Crippen LogP contribution is 2.25. The zero-order valence-corrected chi connectivity index (χ0v) is 16.5. The smallest absolute Gasteiger partial charge is 0.276 e. The fourth-order valence-electron chi connectivity index (χ4n) is 2.95. The summed E-state index contributed by atoms with van der Waals surface area (Å²) in [5.74, 6) is -0.0889. The van der Waals surface area contributed by atoms with Gasteiger partial charge in [-0.25, -0.2) is 0 Å². The Kier molecular flexibility index (Phi) is 5.41. The molecule has 140 valence electrons. The van der Waals surface area contributed by atoms with Crippen LogP contribution in [0.1, 0.15) is 27.2 Å². The van der Waals surface area contributed by atoms with Crippen LogP contribution in [0, 0.1) is 20.8 Å². The van der Waals surface area contributed by atoms with Gasteiger partial charge in [0.2, 0.25) is 5.91 Å². The average Bonchev–Trinajstić information content (AvgIpc) is 3.28. The van der Waals surface area contributed by atoms with E-state index in [0.29, 0.717) is 5.76 Å². The Morgan fingerprint density at radius 2 is 1.89 bits per heavy atom. The molecular formula is C20H21N3O3S. The maximum Gasteiger partial charge on any atom is 0.276 e. The van der Waals surface area contributed by atoms with Crippen molar-refractivity contribution in [1.82, 2.24) is 10.1 Å². The maximum absolute atomic E-state index is 12.5. The standard InChI is InChI=1S/C20H21N3O3S/c1-12-8-13(2)19(14(3)9-12)21-18(24)11-23(4)20(25)15-10-16(26-22-15)17-6-5-7-27-17/h5-10H,11H2,1-4H3,(H,21,24). The van der Waals surface area contributed by atoms with E-state index in [0.717, 1.165) is 27.3 Å². The van der Waals surface area contributed by atoms with Crippen LogP contribution < -0.4 is 5.32 Å². The predicted molar refractivity (Wildman–Crippen MR) is 106 cm³/mol. The Hall–Kier alpha value is -2.93. The van der Waals surface area contributed by atoms with Crippen LogP contribution in [0.2, 0.25) is 0 Å². The Labute approximate surface area is 161 Å².